The van der Waals surface area contributed by atoms with E-state index in [1.54, 1.807) is 11.8 Å². The van der Waals surface area contributed by atoms with Crippen molar-refractivity contribution in [2.75, 3.05) is 0 Å². The molecule has 0 amide bonds. The number of hydrogen-bond donors (Lipinski definition) is 0. The van der Waals surface area contributed by atoms with Crippen LogP contribution in [0.1, 0.15) is 11.3 Å². The second-order valence-corrected chi connectivity index (χ2v) is 9.51. The van der Waals surface area contributed by atoms with Gasteiger partial charge in [0.15, 0.2) is 5.82 Å². The van der Waals surface area contributed by atoms with Gasteiger partial charge in [0.05, 0.1) is 5.69 Å². The molecule has 0 spiro atoms. The molecule has 4 aromatic rings. The molecule has 0 N–H and O–H groups in total. The summed E-state index contributed by atoms with van der Waals surface area (Å²) in [5, 5.41) is 2.41. The molecule has 0 radical (unpaired) electrons. The summed E-state index contributed by atoms with van der Waals surface area (Å²) in [6.07, 6.45) is 0. The topological polar surface area (TPSA) is 25.8 Å². The van der Waals surface area contributed by atoms with Crippen molar-refractivity contribution in [3.05, 3.63) is 106 Å². The van der Waals surface area contributed by atoms with Crippen molar-refractivity contribution in [2.45, 2.75) is 21.4 Å². The van der Waals surface area contributed by atoms with E-state index in [-0.39, 0.29) is 0 Å². The smallest absolute Gasteiger partial charge is 0.160 e. The van der Waals surface area contributed by atoms with Gasteiger partial charge in [-0.3, -0.25) is 0 Å². The monoisotopic (exact) mass is 468 g/mol. The van der Waals surface area contributed by atoms with E-state index >= 15 is 0 Å². The van der Waals surface area contributed by atoms with E-state index in [4.69, 9.17) is 33.2 Å². The SMILES string of the molecule is Clc1ccc(CSCc2cc(Sc3ccc(Cl)cc3)nc(-c3ccccc3)n2)cc1. The highest BCUT2D eigenvalue weighted by atomic mass is 35.5. The third kappa shape index (κ3) is 6.02. The summed E-state index contributed by atoms with van der Waals surface area (Å²) in [4.78, 5) is 10.7. The van der Waals surface area contributed by atoms with Crippen LogP contribution in [-0.4, -0.2) is 9.97 Å². The van der Waals surface area contributed by atoms with Gasteiger partial charge in [0.2, 0.25) is 0 Å². The zero-order valence-corrected chi connectivity index (χ0v) is 19.1. The molecule has 0 fully saturated rings. The van der Waals surface area contributed by atoms with Crippen LogP contribution in [0.15, 0.2) is 94.9 Å². The summed E-state index contributed by atoms with van der Waals surface area (Å²) in [5.41, 5.74) is 3.27. The first-order valence-electron chi connectivity index (χ1n) is 9.35. The lowest BCUT2D eigenvalue weighted by molar-refractivity contribution is 1.01. The molecule has 6 heteroatoms. The van der Waals surface area contributed by atoms with Crippen LogP contribution in [0.5, 0.6) is 0 Å². The summed E-state index contributed by atoms with van der Waals surface area (Å²) in [5.74, 6) is 2.46. The summed E-state index contributed by atoms with van der Waals surface area (Å²) in [6, 6.07) is 27.9. The van der Waals surface area contributed by atoms with Crippen LogP contribution >= 0.6 is 46.7 Å². The Morgan fingerprint density at radius 2 is 1.37 bits per heavy atom. The molecule has 0 saturated carbocycles. The van der Waals surface area contributed by atoms with Crippen molar-refractivity contribution in [1.29, 1.82) is 0 Å². The predicted molar refractivity (Wildman–Crippen MR) is 129 cm³/mol. The highest BCUT2D eigenvalue weighted by molar-refractivity contribution is 7.99. The molecule has 0 aliphatic heterocycles. The minimum absolute atomic E-state index is 0.728. The summed E-state index contributed by atoms with van der Waals surface area (Å²) < 4.78 is 0. The van der Waals surface area contributed by atoms with Gasteiger partial charge >= 0.3 is 0 Å². The number of halogens is 2. The lowest BCUT2D eigenvalue weighted by Gasteiger charge is -2.09. The summed E-state index contributed by atoms with van der Waals surface area (Å²) in [7, 11) is 0. The largest absolute Gasteiger partial charge is 0.232 e. The minimum Gasteiger partial charge on any atom is -0.232 e. The van der Waals surface area contributed by atoms with Gasteiger partial charge < -0.3 is 0 Å². The number of nitrogens with zero attached hydrogens (tertiary/aromatic N) is 2. The Kier molecular flexibility index (Phi) is 7.34. The first kappa shape index (κ1) is 21.3. The Morgan fingerprint density at radius 3 is 2.07 bits per heavy atom. The second kappa shape index (κ2) is 10.4. The van der Waals surface area contributed by atoms with Crippen molar-refractivity contribution in [3.63, 3.8) is 0 Å². The molecule has 1 heterocycles. The number of aromatic nitrogens is 2. The fourth-order valence-corrected chi connectivity index (χ4v) is 4.77. The van der Waals surface area contributed by atoms with Gasteiger partial charge in [-0.2, -0.15) is 11.8 Å². The molecule has 3 aromatic carbocycles. The Balaban J connectivity index is 1.55. The molecule has 0 saturated heterocycles. The van der Waals surface area contributed by atoms with Crippen molar-refractivity contribution < 1.29 is 0 Å². The summed E-state index contributed by atoms with van der Waals surface area (Å²) >= 11 is 15.4. The van der Waals surface area contributed by atoms with Gasteiger partial charge in [0.25, 0.3) is 0 Å². The van der Waals surface area contributed by atoms with Crippen LogP contribution in [0, 0.1) is 0 Å². The van der Waals surface area contributed by atoms with Gasteiger partial charge in [0, 0.05) is 32.0 Å². The van der Waals surface area contributed by atoms with Crippen LogP contribution in [0.25, 0.3) is 11.4 Å². The van der Waals surface area contributed by atoms with E-state index in [9.17, 15) is 0 Å². The molecule has 0 atom stereocenters. The standard InChI is InChI=1S/C24H18Cl2N2S2/c25-19-8-6-17(7-9-19)15-29-16-21-14-23(30-22-12-10-20(26)11-13-22)28-24(27-21)18-4-2-1-3-5-18/h1-14H,15-16H2. The number of thioether (sulfide) groups is 1. The number of rotatable bonds is 7. The normalized spacial score (nSPS) is 10.9. The molecular formula is C24H18Cl2N2S2. The van der Waals surface area contributed by atoms with E-state index < -0.39 is 0 Å². The van der Waals surface area contributed by atoms with Crippen LogP contribution in [0.4, 0.5) is 0 Å². The van der Waals surface area contributed by atoms with Crippen LogP contribution in [0.2, 0.25) is 10.0 Å². The molecule has 4 rings (SSSR count). The van der Waals surface area contributed by atoms with Crippen molar-refractivity contribution >= 4 is 46.7 Å². The Morgan fingerprint density at radius 1 is 0.700 bits per heavy atom. The quantitative estimate of drug-likeness (QED) is 0.256. The molecule has 30 heavy (non-hydrogen) atoms. The molecule has 0 aliphatic rings. The van der Waals surface area contributed by atoms with Crippen molar-refractivity contribution in [3.8, 4) is 11.4 Å². The zero-order chi connectivity index (χ0) is 20.8. The second-order valence-electron chi connectivity index (χ2n) is 6.56. The van der Waals surface area contributed by atoms with Gasteiger partial charge in [0.1, 0.15) is 5.03 Å². The van der Waals surface area contributed by atoms with E-state index in [0.717, 1.165) is 48.6 Å². The number of hydrogen-bond acceptors (Lipinski definition) is 4. The lowest BCUT2D eigenvalue weighted by Crippen LogP contribution is -1.97. The van der Waals surface area contributed by atoms with Gasteiger partial charge in [-0.25, -0.2) is 9.97 Å². The molecule has 0 unspecified atom stereocenters. The Hall–Kier alpha value is -1.98. The minimum atomic E-state index is 0.728. The van der Waals surface area contributed by atoms with E-state index in [2.05, 4.69) is 18.2 Å². The predicted octanol–water partition coefficient (Wildman–Crippen LogP) is 8.04. The first-order chi connectivity index (χ1) is 14.7. The van der Waals surface area contributed by atoms with Crippen LogP contribution in [-0.2, 0) is 11.5 Å². The molecule has 0 aliphatic carbocycles. The lowest BCUT2D eigenvalue weighted by atomic mass is 10.2. The molecule has 1 aromatic heterocycles. The fourth-order valence-electron chi connectivity index (χ4n) is 2.79. The van der Waals surface area contributed by atoms with E-state index in [0.29, 0.717) is 0 Å². The third-order valence-electron chi connectivity index (χ3n) is 4.26. The van der Waals surface area contributed by atoms with Crippen molar-refractivity contribution in [2.24, 2.45) is 0 Å². The average molecular weight is 469 g/mol. The molecule has 0 bridgehead atoms. The highest BCUT2D eigenvalue weighted by Gasteiger charge is 2.09. The van der Waals surface area contributed by atoms with Gasteiger partial charge in [-0.05, 0) is 48.0 Å². The maximum atomic E-state index is 6.02. The van der Waals surface area contributed by atoms with Gasteiger partial charge in [-0.1, -0.05) is 77.4 Å². The van der Waals surface area contributed by atoms with Gasteiger partial charge in [-0.15, -0.1) is 0 Å². The zero-order valence-electron chi connectivity index (χ0n) is 16.0. The summed E-state index contributed by atoms with van der Waals surface area (Å²) in [6.45, 7) is 0. The van der Waals surface area contributed by atoms with Crippen LogP contribution < -0.4 is 0 Å². The maximum Gasteiger partial charge on any atom is 0.160 e. The molecular weight excluding hydrogens is 451 g/mol. The molecule has 150 valence electrons. The number of benzene rings is 3. The third-order valence-corrected chi connectivity index (χ3v) is 6.72. The van der Waals surface area contributed by atoms with Crippen molar-refractivity contribution in [1.82, 2.24) is 9.97 Å². The van der Waals surface area contributed by atoms with E-state index in [1.165, 1.54) is 5.56 Å². The Bertz CT molecular complexity index is 1100. The van der Waals surface area contributed by atoms with Crippen LogP contribution in [0.3, 0.4) is 0 Å². The highest BCUT2D eigenvalue weighted by Crippen LogP contribution is 2.30. The Labute approximate surface area is 195 Å². The van der Waals surface area contributed by atoms with E-state index in [1.807, 2.05) is 78.5 Å². The average Bonchev–Trinajstić information content (AvgIpc) is 2.77. The maximum absolute atomic E-state index is 6.02. The molecule has 2 nitrogen and oxygen atoms in total. The fraction of sp³-hybridized carbons (Fsp3) is 0.0833. The first-order valence-corrected chi connectivity index (χ1v) is 12.1.